The van der Waals surface area contributed by atoms with Gasteiger partial charge in [-0.25, -0.2) is 15.0 Å². The number of imidazole rings is 1. The SMILES string of the molecule is Nc1nccn2c(N3CCCC(C(=O)C[C@H]4CCOC4)C3)nc(-c3ccc(C(=O)Nc4cc(C(F)(F)F)ccn4)cc3)c12. The van der Waals surface area contributed by atoms with E-state index in [2.05, 4.69) is 20.2 Å². The fourth-order valence-electron chi connectivity index (χ4n) is 5.73. The van der Waals surface area contributed by atoms with Gasteiger partial charge in [-0.05, 0) is 49.4 Å². The monoisotopic (exact) mass is 593 g/mol. The van der Waals surface area contributed by atoms with Gasteiger partial charge in [-0.3, -0.25) is 14.0 Å². The first kappa shape index (κ1) is 28.6. The van der Waals surface area contributed by atoms with Crippen LogP contribution in [0.25, 0.3) is 16.8 Å². The number of carbonyl (C=O) groups excluding carboxylic acids is 2. The van der Waals surface area contributed by atoms with E-state index in [1.54, 1.807) is 36.7 Å². The van der Waals surface area contributed by atoms with E-state index in [0.29, 0.717) is 54.8 Å². The van der Waals surface area contributed by atoms with Crippen LogP contribution in [0.3, 0.4) is 0 Å². The molecule has 0 bridgehead atoms. The number of benzene rings is 1. The molecule has 3 aromatic heterocycles. The minimum absolute atomic E-state index is 0.0894. The van der Waals surface area contributed by atoms with Gasteiger partial charge in [0.1, 0.15) is 28.6 Å². The Morgan fingerprint density at radius 1 is 1.09 bits per heavy atom. The summed E-state index contributed by atoms with van der Waals surface area (Å²) in [4.78, 5) is 41.0. The number of nitrogens with two attached hydrogens (primary N) is 1. The fourth-order valence-corrected chi connectivity index (χ4v) is 5.73. The van der Waals surface area contributed by atoms with Gasteiger partial charge in [0.2, 0.25) is 5.95 Å². The predicted octanol–water partition coefficient (Wildman–Crippen LogP) is 4.86. The van der Waals surface area contributed by atoms with E-state index in [4.69, 9.17) is 15.5 Å². The van der Waals surface area contributed by atoms with E-state index in [1.165, 1.54) is 0 Å². The Hall–Kier alpha value is -4.52. The molecule has 2 fully saturated rings. The molecule has 0 saturated carbocycles. The van der Waals surface area contributed by atoms with Crippen LogP contribution in [-0.2, 0) is 15.7 Å². The summed E-state index contributed by atoms with van der Waals surface area (Å²) >= 11 is 0. The quantitative estimate of drug-likeness (QED) is 0.311. The van der Waals surface area contributed by atoms with Gasteiger partial charge >= 0.3 is 6.18 Å². The van der Waals surface area contributed by atoms with Gasteiger partial charge in [0.15, 0.2) is 0 Å². The second-order valence-corrected chi connectivity index (χ2v) is 10.9. The van der Waals surface area contributed by atoms with Crippen LogP contribution in [-0.4, -0.2) is 57.3 Å². The van der Waals surface area contributed by atoms with Crippen LogP contribution in [0.5, 0.6) is 0 Å². The Labute approximate surface area is 245 Å². The van der Waals surface area contributed by atoms with E-state index >= 15 is 0 Å². The maximum Gasteiger partial charge on any atom is 0.416 e. The lowest BCUT2D eigenvalue weighted by atomic mass is 9.88. The summed E-state index contributed by atoms with van der Waals surface area (Å²) < 4.78 is 46.4. The van der Waals surface area contributed by atoms with Crippen LogP contribution in [0.1, 0.15) is 41.6 Å². The highest BCUT2D eigenvalue weighted by Crippen LogP contribution is 2.34. The number of halogens is 3. The average Bonchev–Trinajstić information content (AvgIpc) is 3.66. The van der Waals surface area contributed by atoms with Gasteiger partial charge in [-0.1, -0.05) is 12.1 Å². The summed E-state index contributed by atoms with van der Waals surface area (Å²) in [5.74, 6) is 0.576. The first-order valence-corrected chi connectivity index (χ1v) is 14.1. The van der Waals surface area contributed by atoms with Crippen LogP contribution >= 0.6 is 0 Å². The summed E-state index contributed by atoms with van der Waals surface area (Å²) in [7, 11) is 0. The number of amides is 1. The molecule has 43 heavy (non-hydrogen) atoms. The molecule has 1 unspecified atom stereocenters. The number of nitrogens with zero attached hydrogens (tertiary/aromatic N) is 5. The normalized spacial score (nSPS) is 19.1. The van der Waals surface area contributed by atoms with Gasteiger partial charge in [-0.2, -0.15) is 13.2 Å². The largest absolute Gasteiger partial charge is 0.416 e. The lowest BCUT2D eigenvalue weighted by Gasteiger charge is -2.32. The van der Waals surface area contributed by atoms with E-state index in [-0.39, 0.29) is 28.9 Å². The van der Waals surface area contributed by atoms with Crippen LogP contribution in [0, 0.1) is 11.8 Å². The van der Waals surface area contributed by atoms with Crippen molar-refractivity contribution in [3.63, 3.8) is 0 Å². The van der Waals surface area contributed by atoms with Crippen molar-refractivity contribution in [3.05, 3.63) is 66.1 Å². The van der Waals surface area contributed by atoms with Gasteiger partial charge in [0, 0.05) is 68.4 Å². The minimum Gasteiger partial charge on any atom is -0.382 e. The second kappa shape index (κ2) is 11.6. The highest BCUT2D eigenvalue weighted by atomic mass is 19.4. The molecule has 3 N–H and O–H groups in total. The highest BCUT2D eigenvalue weighted by molar-refractivity contribution is 6.04. The number of nitrogen functional groups attached to an aromatic ring is 1. The van der Waals surface area contributed by atoms with Crippen LogP contribution < -0.4 is 16.0 Å². The van der Waals surface area contributed by atoms with Crippen molar-refractivity contribution in [2.45, 2.75) is 31.9 Å². The van der Waals surface area contributed by atoms with Crippen LogP contribution in [0.15, 0.2) is 55.0 Å². The van der Waals surface area contributed by atoms with E-state index in [1.807, 2.05) is 4.40 Å². The third kappa shape index (κ3) is 6.03. The van der Waals surface area contributed by atoms with Gasteiger partial charge in [-0.15, -0.1) is 0 Å². The number of Topliss-reactive ketones (excluding diaryl/α,β-unsaturated/α-hetero) is 1. The number of carbonyl (C=O) groups is 2. The summed E-state index contributed by atoms with van der Waals surface area (Å²) in [5, 5.41) is 2.41. The number of piperidine rings is 1. The van der Waals surface area contributed by atoms with Gasteiger partial charge < -0.3 is 20.7 Å². The number of alkyl halides is 3. The average molecular weight is 594 g/mol. The molecular formula is C30H30F3N7O3. The molecular weight excluding hydrogens is 563 g/mol. The smallest absolute Gasteiger partial charge is 0.382 e. The third-order valence-corrected chi connectivity index (χ3v) is 7.99. The molecule has 2 aliphatic heterocycles. The summed E-state index contributed by atoms with van der Waals surface area (Å²) in [6.45, 7) is 2.65. The number of hydrogen-bond acceptors (Lipinski definition) is 8. The molecule has 0 aliphatic carbocycles. The molecule has 10 nitrogen and oxygen atoms in total. The maximum absolute atomic E-state index is 13.1. The molecule has 1 aromatic carbocycles. The zero-order valence-electron chi connectivity index (χ0n) is 23.2. The standard InChI is InChI=1S/C30H30F3N7O3/c31-30(32,33)22-7-9-35-24(15-22)37-28(42)20-5-3-19(4-6-20)25-26-27(34)36-10-12-40(26)29(38-25)39-11-1-2-21(16-39)23(41)14-18-8-13-43-17-18/h3-7,9-10,12,15,18,21H,1-2,8,11,13-14,16-17H2,(H2,34,36)(H,35,37,42)/t18-,21?/m1/s1. The lowest BCUT2D eigenvalue weighted by molar-refractivity contribution is -0.137. The molecule has 4 aromatic rings. The first-order chi connectivity index (χ1) is 20.7. The Balaban J connectivity index is 1.23. The van der Waals surface area contributed by atoms with Crippen molar-refractivity contribution >= 4 is 34.8 Å². The molecule has 2 atom stereocenters. The number of aromatic nitrogens is 4. The number of ether oxygens (including phenoxy) is 1. The number of hydrogen-bond donors (Lipinski definition) is 2. The van der Waals surface area contributed by atoms with Crippen LogP contribution in [0.4, 0.5) is 30.8 Å². The van der Waals surface area contributed by atoms with Crippen molar-refractivity contribution in [2.24, 2.45) is 11.8 Å². The third-order valence-electron chi connectivity index (χ3n) is 7.99. The molecule has 13 heteroatoms. The van der Waals surface area contributed by atoms with Gasteiger partial charge in [0.05, 0.1) is 5.56 Å². The first-order valence-electron chi connectivity index (χ1n) is 14.1. The topological polar surface area (TPSA) is 128 Å². The van der Waals surface area contributed by atoms with Crippen molar-refractivity contribution in [3.8, 4) is 11.3 Å². The Bertz CT molecular complexity index is 1650. The Kier molecular flexibility index (Phi) is 7.74. The van der Waals surface area contributed by atoms with Crippen molar-refractivity contribution in [1.29, 1.82) is 0 Å². The number of ketones is 1. The van der Waals surface area contributed by atoms with Crippen molar-refractivity contribution in [2.75, 3.05) is 42.3 Å². The second-order valence-electron chi connectivity index (χ2n) is 10.9. The number of anilines is 3. The molecule has 2 saturated heterocycles. The van der Waals surface area contributed by atoms with Crippen LogP contribution in [0.2, 0.25) is 0 Å². The van der Waals surface area contributed by atoms with Gasteiger partial charge in [0.25, 0.3) is 5.91 Å². The zero-order valence-corrected chi connectivity index (χ0v) is 23.2. The number of pyridine rings is 1. The molecule has 6 rings (SSSR count). The molecule has 2 aliphatic rings. The molecule has 0 spiro atoms. The Morgan fingerprint density at radius 3 is 2.65 bits per heavy atom. The summed E-state index contributed by atoms with van der Waals surface area (Å²) in [6, 6.07) is 8.11. The summed E-state index contributed by atoms with van der Waals surface area (Å²) in [6.07, 6.45) is 2.96. The maximum atomic E-state index is 13.1. The predicted molar refractivity (Wildman–Crippen MR) is 154 cm³/mol. The molecule has 0 radical (unpaired) electrons. The van der Waals surface area contributed by atoms with E-state index in [9.17, 15) is 22.8 Å². The molecule has 1 amide bonds. The lowest BCUT2D eigenvalue weighted by Crippen LogP contribution is -2.40. The Morgan fingerprint density at radius 2 is 1.91 bits per heavy atom. The fraction of sp³-hybridized carbons (Fsp3) is 0.367. The van der Waals surface area contributed by atoms with Crippen molar-refractivity contribution in [1.82, 2.24) is 19.4 Å². The zero-order chi connectivity index (χ0) is 30.1. The number of nitrogens with one attached hydrogen (secondary N) is 1. The van der Waals surface area contributed by atoms with E-state index in [0.717, 1.165) is 44.1 Å². The summed E-state index contributed by atoms with van der Waals surface area (Å²) in [5.41, 5.74) is 7.45. The van der Waals surface area contributed by atoms with Crippen molar-refractivity contribution < 1.29 is 27.5 Å². The number of fused-ring (bicyclic) bond motifs is 1. The number of rotatable bonds is 7. The van der Waals surface area contributed by atoms with E-state index < -0.39 is 17.6 Å². The molecule has 224 valence electrons. The molecule has 5 heterocycles. The highest BCUT2D eigenvalue weighted by Gasteiger charge is 2.32. The minimum atomic E-state index is -4.55.